The molecule has 0 spiro atoms. The molecule has 0 saturated carbocycles. The lowest BCUT2D eigenvalue weighted by atomic mass is 10.3. The van der Waals surface area contributed by atoms with E-state index in [2.05, 4.69) is 85.8 Å². The van der Waals surface area contributed by atoms with Gasteiger partial charge >= 0.3 is 0 Å². The van der Waals surface area contributed by atoms with Gasteiger partial charge in [0, 0.05) is 0 Å². The van der Waals surface area contributed by atoms with Gasteiger partial charge < -0.3 is 0 Å². The van der Waals surface area contributed by atoms with E-state index in [-0.39, 0.29) is 0 Å². The molecule has 0 saturated heterocycles. The van der Waals surface area contributed by atoms with Gasteiger partial charge in [0.15, 0.2) is 0 Å². The van der Waals surface area contributed by atoms with Crippen molar-refractivity contribution < 1.29 is 9.13 Å². The molecule has 0 amide bonds. The second-order valence-corrected chi connectivity index (χ2v) is 5.22. The van der Waals surface area contributed by atoms with Crippen molar-refractivity contribution in [3.63, 3.8) is 0 Å². The van der Waals surface area contributed by atoms with Crippen molar-refractivity contribution in [2.75, 3.05) is 0 Å². The van der Waals surface area contributed by atoms with Crippen LogP contribution in [-0.2, 0) is 26.2 Å². The molecule has 6 heteroatoms. The second kappa shape index (κ2) is 5.95. The van der Waals surface area contributed by atoms with Gasteiger partial charge in [0.05, 0.1) is 18.8 Å². The van der Waals surface area contributed by atoms with Gasteiger partial charge in [-0.25, -0.2) is 18.3 Å². The van der Waals surface area contributed by atoms with E-state index in [9.17, 15) is 0 Å². The largest absolute Gasteiger partial charge is 0.278 e. The van der Waals surface area contributed by atoms with Crippen LogP contribution in [0.4, 0.5) is 0 Å². The first-order valence-corrected chi connectivity index (χ1v) is 7.39. The molecule has 3 rings (SSSR count). The van der Waals surface area contributed by atoms with Gasteiger partial charge in [-0.05, 0) is 19.9 Å². The van der Waals surface area contributed by atoms with Crippen molar-refractivity contribution in [3.8, 4) is 0 Å². The summed E-state index contributed by atoms with van der Waals surface area (Å²) in [6, 6.07) is 2.13. The zero-order valence-electron chi connectivity index (χ0n) is 12.6. The van der Waals surface area contributed by atoms with Crippen LogP contribution in [0.15, 0.2) is 43.5 Å². The highest BCUT2D eigenvalue weighted by atomic mass is 15.2. The Morgan fingerprint density at radius 2 is 1.62 bits per heavy atom. The van der Waals surface area contributed by atoms with E-state index >= 15 is 0 Å². The average molecular weight is 286 g/mol. The molecule has 3 aromatic rings. The maximum Gasteiger partial charge on any atom is 0.244 e. The maximum absolute atomic E-state index is 4.39. The van der Waals surface area contributed by atoms with E-state index < -0.39 is 0 Å². The Hall–Kier alpha value is -2.37. The maximum atomic E-state index is 4.39. The van der Waals surface area contributed by atoms with Crippen molar-refractivity contribution in [2.45, 2.75) is 40.0 Å². The van der Waals surface area contributed by atoms with Crippen LogP contribution in [0.25, 0.3) is 0 Å². The van der Waals surface area contributed by atoms with Crippen LogP contribution in [0, 0.1) is 0 Å². The molecule has 0 fully saturated rings. The normalized spacial score (nSPS) is 11.1. The highest BCUT2D eigenvalue weighted by Gasteiger charge is 2.09. The van der Waals surface area contributed by atoms with Crippen molar-refractivity contribution in [1.82, 2.24) is 19.3 Å². The van der Waals surface area contributed by atoms with E-state index in [1.165, 1.54) is 0 Å². The molecule has 3 aromatic heterocycles. The standard InChI is InChI=1S/C15H22N6/c1-3-18-5-7-20(12-18)10-14-9-15(17-16-14)11-21-8-6-19(4-2)13-21/h5-9,12-13H,3-4,10-11H2,1-2H3,(H,16,17)/q+2. The molecule has 21 heavy (non-hydrogen) atoms. The van der Waals surface area contributed by atoms with Crippen molar-refractivity contribution in [1.29, 1.82) is 0 Å². The molecule has 0 atom stereocenters. The molecule has 0 unspecified atom stereocenters. The fourth-order valence-electron chi connectivity index (χ4n) is 2.39. The topological polar surface area (TPSA) is 46.3 Å². The van der Waals surface area contributed by atoms with Crippen LogP contribution in [0.5, 0.6) is 0 Å². The lowest BCUT2D eigenvalue weighted by Crippen LogP contribution is -2.32. The number of hydrogen-bond donors (Lipinski definition) is 1. The highest BCUT2D eigenvalue weighted by Crippen LogP contribution is 1.99. The van der Waals surface area contributed by atoms with Gasteiger partial charge in [0.1, 0.15) is 43.6 Å². The van der Waals surface area contributed by atoms with E-state index in [1.54, 1.807) is 0 Å². The van der Waals surface area contributed by atoms with E-state index in [0.717, 1.165) is 37.6 Å². The summed E-state index contributed by atoms with van der Waals surface area (Å²) in [5, 5.41) is 7.52. The molecule has 0 bridgehead atoms. The number of hydrogen-bond acceptors (Lipinski definition) is 1. The number of aromatic nitrogens is 6. The number of imidazole rings is 2. The van der Waals surface area contributed by atoms with Crippen molar-refractivity contribution in [3.05, 3.63) is 54.9 Å². The van der Waals surface area contributed by atoms with E-state index in [4.69, 9.17) is 0 Å². The third-order valence-electron chi connectivity index (χ3n) is 3.60. The Bertz CT molecular complexity index is 646. The Labute approximate surface area is 124 Å². The fourth-order valence-corrected chi connectivity index (χ4v) is 2.39. The Morgan fingerprint density at radius 3 is 2.19 bits per heavy atom. The lowest BCUT2D eigenvalue weighted by molar-refractivity contribution is -0.688. The minimum atomic E-state index is 0.796. The number of H-pyrrole nitrogens is 1. The minimum absolute atomic E-state index is 0.796. The molecule has 6 nitrogen and oxygen atoms in total. The Morgan fingerprint density at radius 1 is 1.00 bits per heavy atom. The first-order chi connectivity index (χ1) is 10.3. The number of nitrogens with one attached hydrogen (secondary N) is 1. The van der Waals surface area contributed by atoms with Gasteiger partial charge in [0.2, 0.25) is 12.7 Å². The summed E-state index contributed by atoms with van der Waals surface area (Å²) in [6.45, 7) is 7.87. The van der Waals surface area contributed by atoms with Crippen molar-refractivity contribution in [2.24, 2.45) is 0 Å². The smallest absolute Gasteiger partial charge is 0.244 e. The molecule has 0 aliphatic rings. The number of rotatable bonds is 6. The van der Waals surface area contributed by atoms with E-state index in [0.29, 0.717) is 0 Å². The summed E-state index contributed by atoms with van der Waals surface area (Å²) in [4.78, 5) is 0. The lowest BCUT2D eigenvalue weighted by Gasteiger charge is -1.92. The van der Waals surface area contributed by atoms with Crippen LogP contribution in [0.2, 0.25) is 0 Å². The van der Waals surface area contributed by atoms with Crippen molar-refractivity contribution >= 4 is 0 Å². The van der Waals surface area contributed by atoms with E-state index in [1.807, 2.05) is 0 Å². The predicted octanol–water partition coefficient (Wildman–Crippen LogP) is 0.724. The summed E-state index contributed by atoms with van der Waals surface area (Å²) >= 11 is 0. The third kappa shape index (κ3) is 3.21. The van der Waals surface area contributed by atoms with Gasteiger partial charge in [0.25, 0.3) is 0 Å². The monoisotopic (exact) mass is 286 g/mol. The van der Waals surface area contributed by atoms with Crippen LogP contribution in [0.1, 0.15) is 25.2 Å². The quantitative estimate of drug-likeness (QED) is 0.667. The van der Waals surface area contributed by atoms with Crippen LogP contribution in [0.3, 0.4) is 0 Å². The Balaban J connectivity index is 1.65. The summed E-state index contributed by atoms with van der Waals surface area (Å²) in [5.41, 5.74) is 2.18. The van der Waals surface area contributed by atoms with Crippen LogP contribution in [-0.4, -0.2) is 19.3 Å². The summed E-state index contributed by atoms with van der Waals surface area (Å²) < 4.78 is 8.60. The van der Waals surface area contributed by atoms with Gasteiger partial charge in [-0.1, -0.05) is 0 Å². The highest BCUT2D eigenvalue weighted by molar-refractivity contribution is 5.06. The molecule has 3 heterocycles. The molecular formula is C15H22N6+2. The Kier molecular flexibility index (Phi) is 3.85. The molecule has 0 aromatic carbocycles. The zero-order chi connectivity index (χ0) is 14.7. The minimum Gasteiger partial charge on any atom is -0.278 e. The number of nitrogens with zero attached hydrogens (tertiary/aromatic N) is 5. The van der Waals surface area contributed by atoms with Crippen LogP contribution < -0.4 is 9.13 Å². The summed E-state index contributed by atoms with van der Waals surface area (Å²) in [6.07, 6.45) is 12.5. The number of aromatic amines is 1. The number of aryl methyl sites for hydroxylation is 2. The molecule has 0 aliphatic carbocycles. The molecule has 1 N–H and O–H groups in total. The van der Waals surface area contributed by atoms with Gasteiger partial charge in [-0.2, -0.15) is 5.10 Å². The average Bonchev–Trinajstić information content (AvgIpc) is 3.21. The fraction of sp³-hybridized carbons (Fsp3) is 0.400. The van der Waals surface area contributed by atoms with Crippen LogP contribution >= 0.6 is 0 Å². The first-order valence-electron chi connectivity index (χ1n) is 7.39. The SMILES string of the molecule is CCn1cc[n+](Cc2cc(C[n+]3ccn(CC)c3)[nH]n2)c1. The van der Waals surface area contributed by atoms with Gasteiger partial charge in [-0.15, -0.1) is 0 Å². The molecule has 0 radical (unpaired) electrons. The molecule has 0 aliphatic heterocycles. The summed E-state index contributed by atoms with van der Waals surface area (Å²) in [7, 11) is 0. The first kappa shape index (κ1) is 13.6. The summed E-state index contributed by atoms with van der Waals surface area (Å²) in [5.74, 6) is 0. The predicted molar refractivity (Wildman–Crippen MR) is 77.4 cm³/mol. The van der Waals surface area contributed by atoms with Gasteiger partial charge in [-0.3, -0.25) is 5.10 Å². The third-order valence-corrected chi connectivity index (χ3v) is 3.60. The molecular weight excluding hydrogens is 264 g/mol. The molecule has 110 valence electrons. The zero-order valence-corrected chi connectivity index (χ0v) is 12.6. The second-order valence-electron chi connectivity index (χ2n) is 5.22.